The second kappa shape index (κ2) is 8.09. The second-order valence-corrected chi connectivity index (χ2v) is 8.13. The SMILES string of the molecule is CCC(C)[C@H](NP1(=O)CO[C@@H](Cn2ccc(N)nc2=O)CO1)C(=O)O. The van der Waals surface area contributed by atoms with Gasteiger partial charge in [0.1, 0.15) is 24.3 Å². The zero-order valence-electron chi connectivity index (χ0n) is 14.1. The summed E-state index contributed by atoms with van der Waals surface area (Å²) in [5.74, 6) is -1.18. The van der Waals surface area contributed by atoms with Gasteiger partial charge in [0.15, 0.2) is 0 Å². The van der Waals surface area contributed by atoms with Crippen LogP contribution >= 0.6 is 7.52 Å². The van der Waals surface area contributed by atoms with Gasteiger partial charge in [-0.3, -0.25) is 13.9 Å². The standard InChI is InChI=1S/C14H23N4O6P/c1-3-9(2)12(13(19)20)17-25(22)8-23-10(7-24-25)6-18-5-4-11(15)16-14(18)21/h4-5,9-10,12H,3,6-8H2,1-2H3,(H,17,22)(H,19,20)(H2,15,16,21)/t9?,10-,12-,25?/m0/s1. The van der Waals surface area contributed by atoms with Crippen molar-refractivity contribution < 1.29 is 23.7 Å². The van der Waals surface area contributed by atoms with Crippen LogP contribution in [0.3, 0.4) is 0 Å². The minimum atomic E-state index is -3.43. The van der Waals surface area contributed by atoms with Crippen molar-refractivity contribution in [3.05, 3.63) is 22.7 Å². The maximum absolute atomic E-state index is 12.7. The lowest BCUT2D eigenvalue weighted by molar-refractivity contribution is -0.140. The van der Waals surface area contributed by atoms with Gasteiger partial charge in [-0.15, -0.1) is 0 Å². The van der Waals surface area contributed by atoms with Crippen LogP contribution in [0.1, 0.15) is 20.3 Å². The van der Waals surface area contributed by atoms with E-state index in [4.69, 9.17) is 15.0 Å². The zero-order chi connectivity index (χ0) is 18.6. The van der Waals surface area contributed by atoms with E-state index in [1.54, 1.807) is 6.92 Å². The van der Waals surface area contributed by atoms with E-state index in [0.29, 0.717) is 6.42 Å². The number of nitrogens with two attached hydrogens (primary N) is 1. The molecule has 0 bridgehead atoms. The fourth-order valence-electron chi connectivity index (χ4n) is 2.35. The van der Waals surface area contributed by atoms with Crippen LogP contribution in [0.4, 0.5) is 5.82 Å². The monoisotopic (exact) mass is 374 g/mol. The molecule has 2 heterocycles. The van der Waals surface area contributed by atoms with Gasteiger partial charge in [0, 0.05) is 6.20 Å². The Morgan fingerprint density at radius 1 is 1.64 bits per heavy atom. The number of aliphatic carboxylic acids is 1. The lowest BCUT2D eigenvalue weighted by Crippen LogP contribution is -2.43. The van der Waals surface area contributed by atoms with Crippen LogP contribution in [0.15, 0.2) is 17.1 Å². The predicted molar refractivity (Wildman–Crippen MR) is 90.2 cm³/mol. The van der Waals surface area contributed by atoms with E-state index in [1.807, 2.05) is 6.92 Å². The number of aromatic nitrogens is 2. The van der Waals surface area contributed by atoms with Crippen molar-refractivity contribution in [1.29, 1.82) is 0 Å². The quantitative estimate of drug-likeness (QED) is 0.580. The highest BCUT2D eigenvalue weighted by Gasteiger charge is 2.37. The van der Waals surface area contributed by atoms with E-state index >= 15 is 0 Å². The first kappa shape index (κ1) is 19.6. The molecule has 1 aromatic heterocycles. The third-order valence-corrected chi connectivity index (χ3v) is 5.79. The number of hydrogen-bond donors (Lipinski definition) is 3. The number of nitrogens with zero attached hydrogens (tertiary/aromatic N) is 2. The number of ether oxygens (including phenoxy) is 1. The van der Waals surface area contributed by atoms with Gasteiger partial charge in [-0.1, -0.05) is 20.3 Å². The van der Waals surface area contributed by atoms with Crippen LogP contribution in [-0.2, 0) is 25.2 Å². The molecule has 10 nitrogen and oxygen atoms in total. The average Bonchev–Trinajstić information content (AvgIpc) is 2.56. The van der Waals surface area contributed by atoms with Crippen LogP contribution in [0.5, 0.6) is 0 Å². The van der Waals surface area contributed by atoms with Crippen LogP contribution in [0.25, 0.3) is 0 Å². The van der Waals surface area contributed by atoms with Crippen molar-refractivity contribution in [3.8, 4) is 0 Å². The van der Waals surface area contributed by atoms with Gasteiger partial charge in [0.25, 0.3) is 7.52 Å². The van der Waals surface area contributed by atoms with Gasteiger partial charge in [0.05, 0.1) is 13.2 Å². The van der Waals surface area contributed by atoms with Gasteiger partial charge >= 0.3 is 11.7 Å². The number of rotatable bonds is 7. The molecule has 0 amide bonds. The molecule has 1 saturated heterocycles. The zero-order valence-corrected chi connectivity index (χ0v) is 15.0. The molecule has 0 spiro atoms. The van der Waals surface area contributed by atoms with Crippen LogP contribution < -0.4 is 16.5 Å². The summed E-state index contributed by atoms with van der Waals surface area (Å²) in [5, 5.41) is 11.9. The number of nitrogen functional groups attached to an aromatic ring is 1. The molecular formula is C14H23N4O6P. The Hall–Kier alpha value is -1.74. The number of carbonyl (C=O) groups is 1. The fraction of sp³-hybridized carbons (Fsp3) is 0.643. The molecule has 1 aromatic rings. The van der Waals surface area contributed by atoms with Gasteiger partial charge < -0.3 is 20.1 Å². The highest BCUT2D eigenvalue weighted by atomic mass is 31.2. The topological polar surface area (TPSA) is 146 Å². The summed E-state index contributed by atoms with van der Waals surface area (Å²) in [6.45, 7) is 3.74. The minimum Gasteiger partial charge on any atom is -0.480 e. The lowest BCUT2D eigenvalue weighted by Gasteiger charge is -2.32. The van der Waals surface area contributed by atoms with E-state index < -0.39 is 31.3 Å². The van der Waals surface area contributed by atoms with Crippen LogP contribution in [0.2, 0.25) is 0 Å². The second-order valence-electron chi connectivity index (χ2n) is 6.00. The smallest absolute Gasteiger partial charge is 0.349 e. The summed E-state index contributed by atoms with van der Waals surface area (Å²) in [4.78, 5) is 26.7. The molecule has 2 unspecified atom stereocenters. The summed E-state index contributed by atoms with van der Waals surface area (Å²) in [6, 6.07) is 0.501. The van der Waals surface area contributed by atoms with Crippen molar-refractivity contribution in [2.24, 2.45) is 5.92 Å². The Kier molecular flexibility index (Phi) is 6.34. The number of hydrogen-bond acceptors (Lipinski definition) is 7. The summed E-state index contributed by atoms with van der Waals surface area (Å²) in [5.41, 5.74) is 4.91. The number of carboxylic acids is 1. The van der Waals surface area contributed by atoms with Crippen molar-refractivity contribution >= 4 is 19.3 Å². The molecule has 0 aromatic carbocycles. The molecule has 1 fully saturated rings. The van der Waals surface area contributed by atoms with Crippen LogP contribution in [-0.4, -0.2) is 45.7 Å². The molecule has 4 atom stereocenters. The first-order valence-corrected chi connectivity index (χ1v) is 9.74. The molecular weight excluding hydrogens is 351 g/mol. The van der Waals surface area contributed by atoms with Gasteiger partial charge in [-0.05, 0) is 12.0 Å². The summed E-state index contributed by atoms with van der Waals surface area (Å²) < 4.78 is 24.9. The first-order valence-electron chi connectivity index (χ1n) is 7.93. The van der Waals surface area contributed by atoms with Crippen molar-refractivity contribution in [1.82, 2.24) is 14.6 Å². The van der Waals surface area contributed by atoms with E-state index in [9.17, 15) is 19.3 Å². The Morgan fingerprint density at radius 3 is 2.88 bits per heavy atom. The molecule has 25 heavy (non-hydrogen) atoms. The van der Waals surface area contributed by atoms with Crippen molar-refractivity contribution in [2.45, 2.75) is 39.0 Å². The normalized spacial score (nSPS) is 26.1. The van der Waals surface area contributed by atoms with Crippen molar-refractivity contribution in [2.75, 3.05) is 18.7 Å². The molecule has 140 valence electrons. The van der Waals surface area contributed by atoms with E-state index in [2.05, 4.69) is 10.1 Å². The Morgan fingerprint density at radius 2 is 2.36 bits per heavy atom. The van der Waals surface area contributed by atoms with Gasteiger partial charge in [-0.25, -0.2) is 9.88 Å². The Balaban J connectivity index is 1.96. The van der Waals surface area contributed by atoms with Crippen LogP contribution in [0, 0.1) is 5.92 Å². The van der Waals surface area contributed by atoms with E-state index in [-0.39, 0.29) is 31.2 Å². The lowest BCUT2D eigenvalue weighted by atomic mass is 10.0. The average molecular weight is 374 g/mol. The van der Waals surface area contributed by atoms with Gasteiger partial charge in [0.2, 0.25) is 0 Å². The molecule has 0 saturated carbocycles. The molecule has 4 N–H and O–H groups in total. The summed E-state index contributed by atoms with van der Waals surface area (Å²) in [7, 11) is -3.43. The van der Waals surface area contributed by atoms with Crippen molar-refractivity contribution in [3.63, 3.8) is 0 Å². The Bertz CT molecular complexity index is 712. The number of anilines is 1. The van der Waals surface area contributed by atoms with E-state index in [1.165, 1.54) is 16.8 Å². The summed E-state index contributed by atoms with van der Waals surface area (Å²) >= 11 is 0. The predicted octanol–water partition coefficient (Wildman–Crippen LogP) is 0.480. The third-order valence-electron chi connectivity index (χ3n) is 4.06. The molecule has 1 aliphatic heterocycles. The Labute approximate surface area is 144 Å². The fourth-order valence-corrected chi connectivity index (χ4v) is 4.17. The maximum atomic E-state index is 12.7. The first-order chi connectivity index (χ1) is 11.7. The molecule has 1 aliphatic rings. The number of carboxylic acid groups (broad SMARTS) is 1. The molecule has 11 heteroatoms. The number of nitrogens with one attached hydrogen (secondary N) is 1. The summed E-state index contributed by atoms with van der Waals surface area (Å²) in [6.07, 6.45) is 1.33. The highest BCUT2D eigenvalue weighted by molar-refractivity contribution is 7.56. The third kappa shape index (κ3) is 5.12. The van der Waals surface area contributed by atoms with E-state index in [0.717, 1.165) is 0 Å². The highest BCUT2D eigenvalue weighted by Crippen LogP contribution is 2.46. The largest absolute Gasteiger partial charge is 0.480 e. The molecule has 2 rings (SSSR count). The molecule has 0 radical (unpaired) electrons. The molecule has 0 aliphatic carbocycles. The minimum absolute atomic E-state index is 0.0338. The maximum Gasteiger partial charge on any atom is 0.349 e. The van der Waals surface area contributed by atoms with Gasteiger partial charge in [-0.2, -0.15) is 4.98 Å².